The van der Waals surface area contributed by atoms with Gasteiger partial charge in [0.05, 0.1) is 29.5 Å². The van der Waals surface area contributed by atoms with Crippen molar-refractivity contribution in [3.05, 3.63) is 41.9 Å². The van der Waals surface area contributed by atoms with Crippen LogP contribution in [0.25, 0.3) is 22.0 Å². The highest BCUT2D eigenvalue weighted by molar-refractivity contribution is 5.89. The topological polar surface area (TPSA) is 101 Å². The molecule has 0 bridgehead atoms. The van der Waals surface area contributed by atoms with Crippen molar-refractivity contribution in [1.82, 2.24) is 34.2 Å². The number of amides is 1. The van der Waals surface area contributed by atoms with Gasteiger partial charge in [0, 0.05) is 45.1 Å². The highest BCUT2D eigenvalue weighted by Gasteiger charge is 2.34. The van der Waals surface area contributed by atoms with E-state index in [0.717, 1.165) is 53.6 Å². The van der Waals surface area contributed by atoms with Crippen molar-refractivity contribution in [2.45, 2.75) is 44.9 Å². The van der Waals surface area contributed by atoms with Crippen LogP contribution in [-0.2, 0) is 23.6 Å². The minimum Gasteiger partial charge on any atom is -0.476 e. The molecular formula is C29H33N7O4. The third-order valence-corrected chi connectivity index (χ3v) is 7.54. The Kier molecular flexibility index (Phi) is 6.94. The van der Waals surface area contributed by atoms with E-state index in [4.69, 9.17) is 20.6 Å². The monoisotopic (exact) mass is 543 g/mol. The van der Waals surface area contributed by atoms with Crippen LogP contribution in [0.15, 0.2) is 30.5 Å². The van der Waals surface area contributed by atoms with Gasteiger partial charge in [-0.1, -0.05) is 6.07 Å². The molecule has 1 aromatic carbocycles. The summed E-state index contributed by atoms with van der Waals surface area (Å²) < 4.78 is 23.3. The fraction of sp³-hybridized carbons (Fsp3) is 0.448. The molecule has 2 atom stereocenters. The van der Waals surface area contributed by atoms with Crippen LogP contribution in [0.3, 0.4) is 0 Å². The lowest BCUT2D eigenvalue weighted by Crippen LogP contribution is -2.35. The van der Waals surface area contributed by atoms with Crippen LogP contribution in [0.1, 0.15) is 43.3 Å². The van der Waals surface area contributed by atoms with E-state index in [1.807, 2.05) is 42.9 Å². The normalized spacial score (nSPS) is 19.4. The number of benzene rings is 1. The van der Waals surface area contributed by atoms with E-state index < -0.39 is 6.10 Å². The van der Waals surface area contributed by atoms with Crippen molar-refractivity contribution >= 4 is 16.8 Å². The van der Waals surface area contributed by atoms with Gasteiger partial charge in [-0.25, -0.2) is 14.0 Å². The fourth-order valence-corrected chi connectivity index (χ4v) is 5.48. The first-order chi connectivity index (χ1) is 19.4. The van der Waals surface area contributed by atoms with E-state index in [9.17, 15) is 4.79 Å². The van der Waals surface area contributed by atoms with Gasteiger partial charge in [0.15, 0.2) is 12.3 Å². The van der Waals surface area contributed by atoms with E-state index in [2.05, 4.69) is 21.2 Å². The van der Waals surface area contributed by atoms with Crippen molar-refractivity contribution in [2.75, 3.05) is 26.3 Å². The number of ether oxygens (including phenoxy) is 3. The number of carbonyl (C=O) groups excluding carboxylic acids is 1. The predicted octanol–water partition coefficient (Wildman–Crippen LogP) is 3.22. The fourth-order valence-electron chi connectivity index (χ4n) is 5.48. The summed E-state index contributed by atoms with van der Waals surface area (Å²) in [6.45, 7) is 4.01. The molecule has 0 saturated carbocycles. The quantitative estimate of drug-likeness (QED) is 0.315. The maximum Gasteiger partial charge on any atom is 0.263 e. The molecule has 1 amide bonds. The number of aromatic nitrogens is 6. The highest BCUT2D eigenvalue weighted by atomic mass is 16.5. The number of aryl methyl sites for hydroxylation is 3. The van der Waals surface area contributed by atoms with Gasteiger partial charge in [-0.05, 0) is 49.8 Å². The first kappa shape index (κ1) is 26.0. The third-order valence-electron chi connectivity index (χ3n) is 7.54. The molecule has 0 radical (unpaired) electrons. The largest absolute Gasteiger partial charge is 0.476 e. The van der Waals surface area contributed by atoms with Crippen LogP contribution >= 0.6 is 0 Å². The zero-order valence-electron chi connectivity index (χ0n) is 23.0. The molecule has 2 aliphatic heterocycles. The van der Waals surface area contributed by atoms with E-state index in [-0.39, 0.29) is 12.1 Å². The number of terminal acetylenes is 1. The van der Waals surface area contributed by atoms with Gasteiger partial charge < -0.3 is 19.1 Å². The van der Waals surface area contributed by atoms with E-state index in [1.54, 1.807) is 27.5 Å². The molecule has 11 heteroatoms. The predicted molar refractivity (Wildman–Crippen MR) is 148 cm³/mol. The zero-order valence-corrected chi connectivity index (χ0v) is 23.0. The van der Waals surface area contributed by atoms with Gasteiger partial charge in [0.25, 0.3) is 5.91 Å². The molecule has 2 aliphatic rings. The third kappa shape index (κ3) is 4.79. The molecule has 11 nitrogen and oxygen atoms in total. The van der Waals surface area contributed by atoms with Crippen LogP contribution in [0.2, 0.25) is 0 Å². The Morgan fingerprint density at radius 1 is 1.15 bits per heavy atom. The summed E-state index contributed by atoms with van der Waals surface area (Å²) in [5, 5.41) is 14.3. The average Bonchev–Trinajstić information content (AvgIpc) is 3.70. The number of rotatable bonds is 8. The summed E-state index contributed by atoms with van der Waals surface area (Å²) in [7, 11) is 3.64. The van der Waals surface area contributed by atoms with Crippen molar-refractivity contribution in [3.8, 4) is 35.2 Å². The van der Waals surface area contributed by atoms with Crippen molar-refractivity contribution in [1.29, 1.82) is 0 Å². The Hall–Kier alpha value is -4.30. The molecule has 208 valence electrons. The first-order valence-electron chi connectivity index (χ1n) is 13.6. The molecular weight excluding hydrogens is 510 g/mol. The van der Waals surface area contributed by atoms with Crippen molar-refractivity contribution < 1.29 is 19.0 Å². The second-order valence-corrected chi connectivity index (χ2v) is 10.3. The van der Waals surface area contributed by atoms with Crippen LogP contribution in [-0.4, -0.2) is 72.6 Å². The number of likely N-dealkylation sites (tertiary alicyclic amines) is 1. The first-order valence-corrected chi connectivity index (χ1v) is 13.6. The van der Waals surface area contributed by atoms with E-state index in [0.29, 0.717) is 43.6 Å². The number of nitrogens with zero attached hydrogens (tertiary/aromatic N) is 7. The summed E-state index contributed by atoms with van der Waals surface area (Å²) in [5.41, 5.74) is 4.15. The van der Waals surface area contributed by atoms with E-state index >= 15 is 0 Å². The summed E-state index contributed by atoms with van der Waals surface area (Å²) in [5.74, 6) is 3.90. The lowest BCUT2D eigenvalue weighted by molar-refractivity contribution is -0.133. The van der Waals surface area contributed by atoms with Gasteiger partial charge in [-0.15, -0.1) is 6.42 Å². The van der Waals surface area contributed by atoms with Gasteiger partial charge >= 0.3 is 0 Å². The Labute approximate surface area is 232 Å². The van der Waals surface area contributed by atoms with Gasteiger partial charge in [-0.3, -0.25) is 4.79 Å². The number of hydrogen-bond acceptors (Lipinski definition) is 7. The number of hydrogen-bond donors (Lipinski definition) is 0. The lowest BCUT2D eigenvalue weighted by Gasteiger charge is -2.23. The number of fused-ring (bicyclic) bond motifs is 1. The maximum atomic E-state index is 12.9. The molecule has 3 aromatic heterocycles. The zero-order chi connectivity index (χ0) is 27.8. The van der Waals surface area contributed by atoms with Crippen molar-refractivity contribution in [3.63, 3.8) is 0 Å². The molecule has 0 spiro atoms. The average molecular weight is 544 g/mol. The maximum absolute atomic E-state index is 12.9. The van der Waals surface area contributed by atoms with Crippen LogP contribution in [0.4, 0.5) is 0 Å². The SMILES string of the molecule is C#Cc1nn(C2CCCCO2)c2ccc(-c3cnn(C)c3OCCN3CC[C@@H](Oc4cc(C)nn4C)C3=O)cc12. The highest BCUT2D eigenvalue weighted by Crippen LogP contribution is 2.34. The van der Waals surface area contributed by atoms with Gasteiger partial charge in [-0.2, -0.15) is 15.3 Å². The second-order valence-electron chi connectivity index (χ2n) is 10.3. The second kappa shape index (κ2) is 10.7. The Balaban J connectivity index is 1.15. The lowest BCUT2D eigenvalue weighted by atomic mass is 10.1. The molecule has 1 unspecified atom stereocenters. The van der Waals surface area contributed by atoms with Crippen LogP contribution in [0, 0.1) is 19.3 Å². The smallest absolute Gasteiger partial charge is 0.263 e. The van der Waals surface area contributed by atoms with Crippen molar-refractivity contribution in [2.24, 2.45) is 14.1 Å². The molecule has 40 heavy (non-hydrogen) atoms. The van der Waals surface area contributed by atoms with Gasteiger partial charge in [0.2, 0.25) is 11.8 Å². The van der Waals surface area contributed by atoms with Crippen LogP contribution < -0.4 is 9.47 Å². The molecule has 5 heterocycles. The van der Waals surface area contributed by atoms with Gasteiger partial charge in [0.1, 0.15) is 12.3 Å². The molecule has 0 N–H and O–H groups in total. The molecule has 2 fully saturated rings. The molecule has 4 aromatic rings. The number of carbonyl (C=O) groups is 1. The Morgan fingerprint density at radius 2 is 2.02 bits per heavy atom. The summed E-state index contributed by atoms with van der Waals surface area (Å²) in [6.07, 6.45) is 10.7. The molecule has 0 aliphatic carbocycles. The Morgan fingerprint density at radius 3 is 2.77 bits per heavy atom. The van der Waals surface area contributed by atoms with E-state index in [1.165, 1.54) is 0 Å². The minimum absolute atomic E-state index is 0.0427. The molecule has 6 rings (SSSR count). The molecule has 2 saturated heterocycles. The minimum atomic E-state index is -0.515. The summed E-state index contributed by atoms with van der Waals surface area (Å²) in [4.78, 5) is 14.7. The summed E-state index contributed by atoms with van der Waals surface area (Å²) in [6, 6.07) is 7.92. The standard InChI is InChI=1S/C29H33N7O4/c1-5-23-21-17-20(9-10-24(21)36(32-23)26-8-6-7-14-38-26)22-18-30-34(4)29(22)39-15-13-35-12-11-25(28(35)37)40-27-16-19(2)31-33(27)3/h1,9-10,16-18,25-26H,6-8,11-15H2,2-4H3/t25-,26?/m1/s1. The summed E-state index contributed by atoms with van der Waals surface area (Å²) >= 11 is 0. The Bertz CT molecular complexity index is 1590. The van der Waals surface area contributed by atoms with Crippen LogP contribution in [0.5, 0.6) is 11.8 Å².